The zero-order valence-electron chi connectivity index (χ0n) is 15.9. The van der Waals surface area contributed by atoms with E-state index in [1.807, 2.05) is 0 Å². The second kappa shape index (κ2) is 8.75. The first-order valence-corrected chi connectivity index (χ1v) is 9.74. The fraction of sp³-hybridized carbons (Fsp3) is 0.684. The van der Waals surface area contributed by atoms with Crippen molar-refractivity contribution in [3.05, 3.63) is 24.0 Å². The molecule has 3 rings (SSSR count). The number of aliphatic hydroxyl groups is 1. The van der Waals surface area contributed by atoms with Crippen LogP contribution in [0.3, 0.4) is 0 Å². The van der Waals surface area contributed by atoms with Crippen molar-refractivity contribution in [3.8, 4) is 0 Å². The van der Waals surface area contributed by atoms with Gasteiger partial charge in [0.05, 0.1) is 5.60 Å². The summed E-state index contributed by atoms with van der Waals surface area (Å²) >= 11 is 0. The Morgan fingerprint density at radius 3 is 2.70 bits per heavy atom. The Balaban J connectivity index is 1.51. The Bertz CT molecular complexity index is 648. The van der Waals surface area contributed by atoms with Gasteiger partial charge in [-0.05, 0) is 44.2 Å². The van der Waals surface area contributed by atoms with Gasteiger partial charge in [-0.15, -0.1) is 5.10 Å². The summed E-state index contributed by atoms with van der Waals surface area (Å²) in [5.74, 6) is -0.104. The molecule has 0 aliphatic carbocycles. The molecule has 0 bridgehead atoms. The summed E-state index contributed by atoms with van der Waals surface area (Å²) in [7, 11) is 0. The van der Waals surface area contributed by atoms with Crippen molar-refractivity contribution in [2.24, 2.45) is 0 Å². The molecule has 8 heteroatoms. The van der Waals surface area contributed by atoms with Gasteiger partial charge in [0, 0.05) is 51.9 Å². The van der Waals surface area contributed by atoms with Crippen LogP contribution >= 0.6 is 0 Å². The van der Waals surface area contributed by atoms with Gasteiger partial charge in [-0.2, -0.15) is 5.10 Å². The fourth-order valence-corrected chi connectivity index (χ4v) is 4.06. The molecule has 2 aliphatic rings. The second-order valence-electron chi connectivity index (χ2n) is 7.73. The van der Waals surface area contributed by atoms with Gasteiger partial charge in [-0.3, -0.25) is 9.59 Å². The Morgan fingerprint density at radius 2 is 2.04 bits per heavy atom. The summed E-state index contributed by atoms with van der Waals surface area (Å²) in [6.07, 6.45) is 5.38. The van der Waals surface area contributed by atoms with Crippen LogP contribution in [-0.4, -0.2) is 81.3 Å². The summed E-state index contributed by atoms with van der Waals surface area (Å²) in [5, 5.41) is 21.8. The Kier molecular flexibility index (Phi) is 6.38. The Labute approximate surface area is 159 Å². The number of hydrogen-bond acceptors (Lipinski definition) is 6. The second-order valence-corrected chi connectivity index (χ2v) is 7.73. The van der Waals surface area contributed by atoms with Crippen LogP contribution in [0.25, 0.3) is 0 Å². The monoisotopic (exact) mass is 375 g/mol. The van der Waals surface area contributed by atoms with E-state index in [2.05, 4.69) is 20.4 Å². The van der Waals surface area contributed by atoms with Gasteiger partial charge >= 0.3 is 0 Å². The van der Waals surface area contributed by atoms with Gasteiger partial charge in [0.25, 0.3) is 5.91 Å². The molecule has 2 N–H and O–H groups in total. The third-order valence-electron chi connectivity index (χ3n) is 5.51. The number of β-amino-alcohol motifs (C(OH)–C–C–N with tert-alkyl or cyclic N) is 1. The number of piperidine rings is 1. The third kappa shape index (κ3) is 5.46. The predicted molar refractivity (Wildman–Crippen MR) is 100 cm³/mol. The number of carbonyl (C=O) groups is 2. The first kappa shape index (κ1) is 19.7. The van der Waals surface area contributed by atoms with Crippen molar-refractivity contribution in [1.82, 2.24) is 25.3 Å². The molecule has 1 aromatic rings. The summed E-state index contributed by atoms with van der Waals surface area (Å²) in [5.41, 5.74) is -0.430. The highest BCUT2D eigenvalue weighted by Gasteiger charge is 2.34. The number of hydrogen-bond donors (Lipinski definition) is 2. The van der Waals surface area contributed by atoms with Gasteiger partial charge in [0.15, 0.2) is 5.69 Å². The van der Waals surface area contributed by atoms with Crippen molar-refractivity contribution in [2.45, 2.75) is 50.7 Å². The van der Waals surface area contributed by atoms with Crippen LogP contribution in [0.15, 0.2) is 18.3 Å². The number of amides is 2. The van der Waals surface area contributed by atoms with Crippen molar-refractivity contribution in [3.63, 3.8) is 0 Å². The molecule has 2 saturated heterocycles. The van der Waals surface area contributed by atoms with Gasteiger partial charge in [0.2, 0.25) is 5.91 Å². The maximum atomic E-state index is 12.6. The summed E-state index contributed by atoms with van der Waals surface area (Å²) in [6, 6.07) is 3.62. The van der Waals surface area contributed by atoms with E-state index < -0.39 is 5.60 Å². The molecule has 2 aliphatic heterocycles. The molecule has 1 aromatic heterocycles. The first-order chi connectivity index (χ1) is 13.0. The number of aromatic nitrogens is 2. The third-order valence-corrected chi connectivity index (χ3v) is 5.51. The molecule has 8 nitrogen and oxygen atoms in total. The van der Waals surface area contributed by atoms with E-state index in [9.17, 15) is 14.7 Å². The van der Waals surface area contributed by atoms with Crippen LogP contribution in [0.4, 0.5) is 0 Å². The lowest BCUT2D eigenvalue weighted by Gasteiger charge is -2.38. The maximum Gasteiger partial charge on any atom is 0.274 e. The molecule has 0 aromatic carbocycles. The molecular formula is C19H29N5O3. The van der Waals surface area contributed by atoms with Gasteiger partial charge in [-0.25, -0.2) is 0 Å². The quantitative estimate of drug-likeness (QED) is 0.792. The summed E-state index contributed by atoms with van der Waals surface area (Å²) < 4.78 is 0. The van der Waals surface area contributed by atoms with Crippen molar-refractivity contribution in [2.75, 3.05) is 32.7 Å². The first-order valence-electron chi connectivity index (χ1n) is 9.74. The Morgan fingerprint density at radius 1 is 1.26 bits per heavy atom. The van der Waals surface area contributed by atoms with E-state index >= 15 is 0 Å². The largest absolute Gasteiger partial charge is 0.388 e. The minimum absolute atomic E-state index is 0.0173. The molecule has 3 heterocycles. The zero-order valence-corrected chi connectivity index (χ0v) is 15.9. The minimum Gasteiger partial charge on any atom is -0.388 e. The van der Waals surface area contributed by atoms with Crippen LogP contribution < -0.4 is 5.32 Å². The number of rotatable bonds is 4. The SMILES string of the molecule is CC(=O)NC1CCN(C[C@]2(O)CCCN(C(=O)c3cccnn3)CC2)CC1. The average molecular weight is 375 g/mol. The molecule has 1 atom stereocenters. The topological polar surface area (TPSA) is 98.7 Å². The van der Waals surface area contributed by atoms with E-state index in [4.69, 9.17) is 0 Å². The molecule has 2 amide bonds. The van der Waals surface area contributed by atoms with Gasteiger partial charge < -0.3 is 20.2 Å². The molecule has 148 valence electrons. The Hall–Kier alpha value is -2.06. The highest BCUT2D eigenvalue weighted by atomic mass is 16.3. The molecule has 0 unspecified atom stereocenters. The van der Waals surface area contributed by atoms with E-state index in [1.165, 1.54) is 0 Å². The van der Waals surface area contributed by atoms with E-state index in [0.29, 0.717) is 38.2 Å². The molecule has 0 saturated carbocycles. The minimum atomic E-state index is -0.780. The number of likely N-dealkylation sites (tertiary alicyclic amines) is 2. The fourth-order valence-electron chi connectivity index (χ4n) is 4.06. The number of carbonyl (C=O) groups excluding carboxylic acids is 2. The lowest BCUT2D eigenvalue weighted by molar-refractivity contribution is -0.120. The standard InChI is InChI=1S/C19H29N5O3/c1-15(25)21-16-5-11-23(12-6-16)14-19(27)7-3-10-24(13-8-19)18(26)17-4-2-9-20-22-17/h2,4,9,16,27H,3,5-8,10-14H2,1H3,(H,21,25)/t19-/m0/s1. The highest BCUT2D eigenvalue weighted by molar-refractivity contribution is 5.92. The lowest BCUT2D eigenvalue weighted by Crippen LogP contribution is -2.50. The van der Waals surface area contributed by atoms with Crippen molar-refractivity contribution in [1.29, 1.82) is 0 Å². The normalized spacial score (nSPS) is 25.0. The number of nitrogens with one attached hydrogen (secondary N) is 1. The average Bonchev–Trinajstić information content (AvgIpc) is 2.85. The van der Waals surface area contributed by atoms with Crippen molar-refractivity contribution < 1.29 is 14.7 Å². The van der Waals surface area contributed by atoms with Crippen molar-refractivity contribution >= 4 is 11.8 Å². The van der Waals surface area contributed by atoms with Crippen LogP contribution in [0.2, 0.25) is 0 Å². The van der Waals surface area contributed by atoms with Crippen LogP contribution in [-0.2, 0) is 4.79 Å². The number of nitrogens with zero attached hydrogens (tertiary/aromatic N) is 4. The molecule has 27 heavy (non-hydrogen) atoms. The van der Waals surface area contributed by atoms with E-state index in [-0.39, 0.29) is 17.9 Å². The highest BCUT2D eigenvalue weighted by Crippen LogP contribution is 2.25. The van der Waals surface area contributed by atoms with E-state index in [1.54, 1.807) is 30.2 Å². The molecule has 0 spiro atoms. The molecule has 0 radical (unpaired) electrons. The van der Waals surface area contributed by atoms with Crippen LogP contribution in [0.5, 0.6) is 0 Å². The summed E-state index contributed by atoms with van der Waals surface area (Å²) in [4.78, 5) is 27.8. The lowest BCUT2D eigenvalue weighted by atomic mass is 9.93. The molecular weight excluding hydrogens is 346 g/mol. The smallest absolute Gasteiger partial charge is 0.274 e. The molecule has 2 fully saturated rings. The van der Waals surface area contributed by atoms with Crippen LogP contribution in [0.1, 0.15) is 49.5 Å². The predicted octanol–water partition coefficient (Wildman–Crippen LogP) is 0.434. The van der Waals surface area contributed by atoms with E-state index in [0.717, 1.165) is 32.4 Å². The van der Waals surface area contributed by atoms with Crippen LogP contribution in [0, 0.1) is 0 Å². The van der Waals surface area contributed by atoms with Gasteiger partial charge in [0.1, 0.15) is 0 Å². The summed E-state index contributed by atoms with van der Waals surface area (Å²) in [6.45, 7) is 5.06. The van der Waals surface area contributed by atoms with Gasteiger partial charge in [-0.1, -0.05) is 0 Å². The maximum absolute atomic E-state index is 12.6. The zero-order chi connectivity index (χ0) is 19.3.